The zero-order chi connectivity index (χ0) is 27.6. The maximum absolute atomic E-state index is 13.9. The molecule has 1 atom stereocenters. The summed E-state index contributed by atoms with van der Waals surface area (Å²) < 4.78 is 15.6. The Morgan fingerprint density at radius 1 is 1.18 bits per heavy atom. The Hall–Kier alpha value is -3.17. The molecule has 0 spiro atoms. The van der Waals surface area contributed by atoms with E-state index < -0.39 is 0 Å². The van der Waals surface area contributed by atoms with E-state index in [-0.39, 0.29) is 40.6 Å². The molecular formula is C29H36FN5O2S. The molecule has 1 aliphatic rings. The molecule has 0 aliphatic carbocycles. The molecule has 0 bridgehead atoms. The van der Waals surface area contributed by atoms with E-state index in [1.54, 1.807) is 33.5 Å². The lowest BCUT2D eigenvalue weighted by molar-refractivity contribution is -0.122. The molecule has 0 unspecified atom stereocenters. The number of halogens is 1. The molecule has 38 heavy (non-hydrogen) atoms. The molecule has 1 aliphatic heterocycles. The zero-order valence-electron chi connectivity index (χ0n) is 22.9. The van der Waals surface area contributed by atoms with Crippen LogP contribution in [0.2, 0.25) is 0 Å². The minimum absolute atomic E-state index is 0.128. The quantitative estimate of drug-likeness (QED) is 0.482. The first-order chi connectivity index (χ1) is 18.0. The number of nitrogens with one attached hydrogen (secondary N) is 1. The molecular weight excluding hydrogens is 501 g/mol. The minimum atomic E-state index is -0.357. The second-order valence-electron chi connectivity index (χ2n) is 11.0. The summed E-state index contributed by atoms with van der Waals surface area (Å²) in [7, 11) is 3.88. The van der Waals surface area contributed by atoms with Gasteiger partial charge in [0.05, 0.1) is 22.4 Å². The third-order valence-electron chi connectivity index (χ3n) is 6.40. The highest BCUT2D eigenvalue weighted by Gasteiger charge is 2.39. The topological polar surface area (TPSA) is 70.5 Å². The van der Waals surface area contributed by atoms with Crippen molar-refractivity contribution in [3.05, 3.63) is 76.7 Å². The number of benzene rings is 2. The summed E-state index contributed by atoms with van der Waals surface area (Å²) >= 11 is 1.55. The first-order valence-corrected chi connectivity index (χ1v) is 13.8. The van der Waals surface area contributed by atoms with Gasteiger partial charge < -0.3 is 10.2 Å². The van der Waals surface area contributed by atoms with Gasteiger partial charge in [0.25, 0.3) is 0 Å². The average molecular weight is 538 g/mol. The van der Waals surface area contributed by atoms with Gasteiger partial charge in [-0.1, -0.05) is 50.6 Å². The highest BCUT2D eigenvalue weighted by atomic mass is 32.2. The van der Waals surface area contributed by atoms with Gasteiger partial charge in [0, 0.05) is 24.1 Å². The molecule has 1 N–H and O–H groups in total. The SMILES string of the molecule is Cc1cccc([C@H]2SCC(=O)N(CC(=O)NCCN(C)C)c3c2c(C(C)(C)C)nn3-c2ccc(F)cc2)c1. The molecule has 0 fully saturated rings. The summed E-state index contributed by atoms with van der Waals surface area (Å²) in [5, 5.41) is 7.79. The molecule has 0 saturated heterocycles. The Morgan fingerprint density at radius 2 is 1.89 bits per heavy atom. The summed E-state index contributed by atoms with van der Waals surface area (Å²) in [5.74, 6) is 0.00748. The van der Waals surface area contributed by atoms with E-state index in [2.05, 4.69) is 38.2 Å². The second kappa shape index (κ2) is 11.3. The van der Waals surface area contributed by atoms with Gasteiger partial charge in [0.2, 0.25) is 11.8 Å². The van der Waals surface area contributed by atoms with Gasteiger partial charge in [-0.25, -0.2) is 9.07 Å². The lowest BCUT2D eigenvalue weighted by atomic mass is 9.87. The van der Waals surface area contributed by atoms with Gasteiger partial charge in [0.15, 0.2) is 0 Å². The van der Waals surface area contributed by atoms with Crippen LogP contribution in [-0.2, 0) is 15.0 Å². The predicted octanol–water partition coefficient (Wildman–Crippen LogP) is 4.46. The fraction of sp³-hybridized carbons (Fsp3) is 0.414. The molecule has 2 aromatic carbocycles. The van der Waals surface area contributed by atoms with Crippen LogP contribution >= 0.6 is 11.8 Å². The number of thioether (sulfide) groups is 1. The maximum Gasteiger partial charge on any atom is 0.240 e. The van der Waals surface area contributed by atoms with Gasteiger partial charge >= 0.3 is 0 Å². The molecule has 2 heterocycles. The van der Waals surface area contributed by atoms with Crippen LogP contribution in [0, 0.1) is 12.7 Å². The Balaban J connectivity index is 1.92. The Morgan fingerprint density at radius 3 is 2.53 bits per heavy atom. The number of carbonyl (C=O) groups is 2. The molecule has 3 aromatic rings. The van der Waals surface area contributed by atoms with Crippen molar-refractivity contribution in [2.45, 2.75) is 38.4 Å². The lowest BCUT2D eigenvalue weighted by Gasteiger charge is -2.25. The van der Waals surface area contributed by atoms with E-state index in [9.17, 15) is 14.0 Å². The number of hydrogen-bond acceptors (Lipinski definition) is 5. The van der Waals surface area contributed by atoms with Gasteiger partial charge in [0.1, 0.15) is 18.2 Å². The summed E-state index contributed by atoms with van der Waals surface area (Å²) in [6, 6.07) is 14.3. The van der Waals surface area contributed by atoms with E-state index >= 15 is 0 Å². The Kier molecular flexibility index (Phi) is 8.28. The van der Waals surface area contributed by atoms with Crippen molar-refractivity contribution in [3.63, 3.8) is 0 Å². The van der Waals surface area contributed by atoms with Crippen LogP contribution in [0.3, 0.4) is 0 Å². The Labute approximate surface area is 228 Å². The highest BCUT2D eigenvalue weighted by Crippen LogP contribution is 2.48. The minimum Gasteiger partial charge on any atom is -0.353 e. The zero-order valence-corrected chi connectivity index (χ0v) is 23.7. The van der Waals surface area contributed by atoms with Crippen molar-refractivity contribution in [1.82, 2.24) is 20.0 Å². The number of likely N-dealkylation sites (N-methyl/N-ethyl adjacent to an activating group) is 1. The first-order valence-electron chi connectivity index (χ1n) is 12.7. The number of nitrogens with zero attached hydrogens (tertiary/aromatic N) is 4. The number of rotatable bonds is 7. The largest absolute Gasteiger partial charge is 0.353 e. The standard InChI is InChI=1S/C29H36FN5O2S/c1-19-8-7-9-20(16-19)26-25-27(29(2,3)4)32-35(22-12-10-21(30)11-13-22)28(25)34(24(37)18-38-26)17-23(36)31-14-15-33(5)6/h7-13,16,26H,14-15,17-18H2,1-6H3,(H,31,36)/t26-/m1/s1. The van der Waals surface area contributed by atoms with Gasteiger partial charge in [-0.05, 0) is 50.8 Å². The number of aromatic nitrogens is 2. The normalized spacial score (nSPS) is 15.9. The molecule has 1 aromatic heterocycles. The Bertz CT molecular complexity index is 1310. The number of amides is 2. The third-order valence-corrected chi connectivity index (χ3v) is 7.65. The van der Waals surface area contributed by atoms with Crippen molar-refractivity contribution in [2.75, 3.05) is 44.4 Å². The number of fused-ring (bicyclic) bond motifs is 1. The molecule has 202 valence electrons. The molecule has 2 amide bonds. The fourth-order valence-corrected chi connectivity index (χ4v) is 5.74. The van der Waals surface area contributed by atoms with Crippen LogP contribution in [0.1, 0.15) is 48.4 Å². The van der Waals surface area contributed by atoms with Crippen molar-refractivity contribution in [3.8, 4) is 5.69 Å². The van der Waals surface area contributed by atoms with Crippen LogP contribution in [0.4, 0.5) is 10.2 Å². The molecule has 7 nitrogen and oxygen atoms in total. The fourth-order valence-electron chi connectivity index (χ4n) is 4.55. The smallest absolute Gasteiger partial charge is 0.240 e. The van der Waals surface area contributed by atoms with Crippen LogP contribution in [0.5, 0.6) is 0 Å². The van der Waals surface area contributed by atoms with Crippen LogP contribution < -0.4 is 10.2 Å². The lowest BCUT2D eigenvalue weighted by Crippen LogP contribution is -2.43. The van der Waals surface area contributed by atoms with Gasteiger partial charge in [-0.2, -0.15) is 5.10 Å². The number of anilines is 1. The number of hydrogen-bond donors (Lipinski definition) is 1. The van der Waals surface area contributed by atoms with Crippen LogP contribution in [0.15, 0.2) is 48.5 Å². The first kappa shape index (κ1) is 27.9. The molecule has 0 saturated carbocycles. The number of carbonyl (C=O) groups excluding carboxylic acids is 2. The highest BCUT2D eigenvalue weighted by molar-refractivity contribution is 8.00. The average Bonchev–Trinajstić information content (AvgIpc) is 3.17. The van der Waals surface area contributed by atoms with Gasteiger partial charge in [-0.3, -0.25) is 14.5 Å². The maximum atomic E-state index is 13.9. The summed E-state index contributed by atoms with van der Waals surface area (Å²) in [6.07, 6.45) is 0. The molecule has 4 rings (SSSR count). The van der Waals surface area contributed by atoms with E-state index in [1.807, 2.05) is 38.1 Å². The van der Waals surface area contributed by atoms with Crippen molar-refractivity contribution >= 4 is 29.4 Å². The van der Waals surface area contributed by atoms with Gasteiger partial charge in [-0.15, -0.1) is 11.8 Å². The summed E-state index contributed by atoms with van der Waals surface area (Å²) in [6.45, 7) is 9.36. The van der Waals surface area contributed by atoms with E-state index in [0.717, 1.165) is 22.4 Å². The second-order valence-corrected chi connectivity index (χ2v) is 12.1. The van der Waals surface area contributed by atoms with Crippen molar-refractivity contribution in [1.29, 1.82) is 0 Å². The predicted molar refractivity (Wildman–Crippen MR) is 152 cm³/mol. The van der Waals surface area contributed by atoms with Crippen LogP contribution in [-0.4, -0.2) is 66.0 Å². The van der Waals surface area contributed by atoms with Crippen molar-refractivity contribution < 1.29 is 14.0 Å². The summed E-state index contributed by atoms with van der Waals surface area (Å²) in [5.41, 5.74) is 4.21. The summed E-state index contributed by atoms with van der Waals surface area (Å²) in [4.78, 5) is 30.2. The molecule has 9 heteroatoms. The molecule has 0 radical (unpaired) electrons. The van der Waals surface area contributed by atoms with Crippen LogP contribution in [0.25, 0.3) is 5.69 Å². The van der Waals surface area contributed by atoms with E-state index in [0.29, 0.717) is 24.6 Å². The van der Waals surface area contributed by atoms with Crippen molar-refractivity contribution in [2.24, 2.45) is 0 Å². The van der Waals surface area contributed by atoms with E-state index in [1.165, 1.54) is 12.1 Å². The third kappa shape index (κ3) is 6.10. The van der Waals surface area contributed by atoms with E-state index in [4.69, 9.17) is 5.10 Å². The number of aryl methyl sites for hydroxylation is 1. The monoisotopic (exact) mass is 537 g/mol.